The third-order valence-corrected chi connectivity index (χ3v) is 4.42. The van der Waals surface area contributed by atoms with E-state index in [1.54, 1.807) is 18.3 Å². The van der Waals surface area contributed by atoms with Crippen LogP contribution >= 0.6 is 0 Å². The molecule has 23 heavy (non-hydrogen) atoms. The molecule has 1 fully saturated rings. The Morgan fingerprint density at radius 2 is 2.09 bits per heavy atom. The van der Waals surface area contributed by atoms with Crippen LogP contribution in [0.15, 0.2) is 48.7 Å². The highest BCUT2D eigenvalue weighted by atomic mass is 15.1. The average molecular weight is 306 g/mol. The monoisotopic (exact) mass is 306 g/mol. The van der Waals surface area contributed by atoms with E-state index in [1.807, 2.05) is 0 Å². The summed E-state index contributed by atoms with van der Waals surface area (Å²) in [6.07, 6.45) is 4.04. The quantitative estimate of drug-likeness (QED) is 0.891. The average Bonchev–Trinajstić information content (AvgIpc) is 3.07. The predicted octanol–water partition coefficient (Wildman–Crippen LogP) is 2.93. The lowest BCUT2D eigenvalue weighted by Crippen LogP contribution is -2.25. The van der Waals surface area contributed by atoms with E-state index in [0.717, 1.165) is 32.6 Å². The summed E-state index contributed by atoms with van der Waals surface area (Å²) in [5.74, 6) is 1.33. The van der Waals surface area contributed by atoms with Gasteiger partial charge in [-0.25, -0.2) is 4.98 Å². The normalized spacial score (nSPS) is 17.8. The third kappa shape index (κ3) is 4.30. The molecule has 0 aliphatic carbocycles. The van der Waals surface area contributed by atoms with Gasteiger partial charge in [-0.2, -0.15) is 5.26 Å². The van der Waals surface area contributed by atoms with Gasteiger partial charge in [-0.3, -0.25) is 0 Å². The van der Waals surface area contributed by atoms with Crippen molar-refractivity contribution in [3.05, 3.63) is 59.8 Å². The van der Waals surface area contributed by atoms with Gasteiger partial charge in [0.1, 0.15) is 11.9 Å². The van der Waals surface area contributed by atoms with Crippen molar-refractivity contribution in [2.75, 3.05) is 31.5 Å². The molecule has 1 aliphatic rings. The highest BCUT2D eigenvalue weighted by molar-refractivity contribution is 5.51. The molecule has 4 nitrogen and oxygen atoms in total. The second-order valence-corrected chi connectivity index (χ2v) is 6.08. The van der Waals surface area contributed by atoms with Crippen molar-refractivity contribution in [2.24, 2.45) is 5.92 Å². The zero-order valence-corrected chi connectivity index (χ0v) is 13.3. The molecule has 0 spiro atoms. The molecule has 1 atom stereocenters. The van der Waals surface area contributed by atoms with Crippen LogP contribution in [0, 0.1) is 17.2 Å². The van der Waals surface area contributed by atoms with Crippen LogP contribution in [0.4, 0.5) is 5.82 Å². The maximum Gasteiger partial charge on any atom is 0.143 e. The first-order chi connectivity index (χ1) is 11.3. The number of anilines is 1. The fraction of sp³-hybridized carbons (Fsp3) is 0.368. The fourth-order valence-electron chi connectivity index (χ4n) is 3.09. The van der Waals surface area contributed by atoms with Crippen molar-refractivity contribution in [3.8, 4) is 6.07 Å². The van der Waals surface area contributed by atoms with Crippen molar-refractivity contribution in [2.45, 2.75) is 12.8 Å². The molecule has 0 amide bonds. The van der Waals surface area contributed by atoms with E-state index in [4.69, 9.17) is 5.26 Å². The van der Waals surface area contributed by atoms with Crippen molar-refractivity contribution in [1.82, 2.24) is 9.88 Å². The second kappa shape index (κ2) is 7.75. The van der Waals surface area contributed by atoms with E-state index < -0.39 is 0 Å². The van der Waals surface area contributed by atoms with Gasteiger partial charge in [-0.1, -0.05) is 30.3 Å². The Kier molecular flexibility index (Phi) is 5.23. The summed E-state index contributed by atoms with van der Waals surface area (Å²) in [6, 6.07) is 16.4. The number of aromatic nitrogens is 1. The van der Waals surface area contributed by atoms with Crippen LogP contribution in [0.1, 0.15) is 17.5 Å². The molecule has 118 valence electrons. The number of nitrogens with zero attached hydrogens (tertiary/aromatic N) is 3. The molecule has 0 bridgehead atoms. The summed E-state index contributed by atoms with van der Waals surface area (Å²) >= 11 is 0. The molecule has 0 unspecified atom stereocenters. The van der Waals surface area contributed by atoms with Crippen molar-refractivity contribution < 1.29 is 0 Å². The highest BCUT2D eigenvalue weighted by Gasteiger charge is 2.22. The van der Waals surface area contributed by atoms with E-state index in [1.165, 1.54) is 12.0 Å². The summed E-state index contributed by atoms with van der Waals surface area (Å²) in [5.41, 5.74) is 2.02. The number of pyridine rings is 1. The van der Waals surface area contributed by atoms with Crippen LogP contribution in [0.3, 0.4) is 0 Å². The smallest absolute Gasteiger partial charge is 0.143 e. The molecule has 1 aromatic heterocycles. The lowest BCUT2D eigenvalue weighted by Gasteiger charge is -2.16. The molecule has 2 heterocycles. The maximum absolute atomic E-state index is 9.09. The summed E-state index contributed by atoms with van der Waals surface area (Å²) in [6.45, 7) is 4.28. The van der Waals surface area contributed by atoms with Gasteiger partial charge in [-0.15, -0.1) is 0 Å². The summed E-state index contributed by atoms with van der Waals surface area (Å²) < 4.78 is 0. The van der Waals surface area contributed by atoms with Crippen molar-refractivity contribution in [3.63, 3.8) is 0 Å². The number of rotatable bonds is 6. The molecular weight excluding hydrogens is 284 g/mol. The summed E-state index contributed by atoms with van der Waals surface area (Å²) in [5, 5.41) is 12.4. The number of likely N-dealkylation sites (tertiary alicyclic amines) is 1. The van der Waals surface area contributed by atoms with Crippen LogP contribution in [-0.4, -0.2) is 36.1 Å². The molecule has 1 N–H and O–H groups in total. The zero-order valence-electron chi connectivity index (χ0n) is 13.3. The minimum atomic E-state index is 0.617. The van der Waals surface area contributed by atoms with Gasteiger partial charge in [0.25, 0.3) is 0 Å². The van der Waals surface area contributed by atoms with E-state index in [-0.39, 0.29) is 0 Å². The Labute approximate surface area is 137 Å². The van der Waals surface area contributed by atoms with Crippen LogP contribution < -0.4 is 5.32 Å². The topological polar surface area (TPSA) is 52.0 Å². The Balaban J connectivity index is 1.44. The van der Waals surface area contributed by atoms with Gasteiger partial charge >= 0.3 is 0 Å². The molecule has 1 aliphatic heterocycles. The molecule has 1 aromatic carbocycles. The minimum Gasteiger partial charge on any atom is -0.369 e. The Morgan fingerprint density at radius 1 is 1.22 bits per heavy atom. The van der Waals surface area contributed by atoms with E-state index in [2.05, 4.69) is 51.6 Å². The fourth-order valence-corrected chi connectivity index (χ4v) is 3.09. The van der Waals surface area contributed by atoms with Gasteiger partial charge in [0.2, 0.25) is 0 Å². The number of hydrogen-bond donors (Lipinski definition) is 1. The first-order valence-electron chi connectivity index (χ1n) is 8.20. The number of hydrogen-bond acceptors (Lipinski definition) is 4. The van der Waals surface area contributed by atoms with Crippen LogP contribution in [-0.2, 0) is 6.42 Å². The Bertz CT molecular complexity index is 663. The summed E-state index contributed by atoms with van der Waals surface area (Å²) in [7, 11) is 0. The maximum atomic E-state index is 9.09. The number of nitrogens with one attached hydrogen (secondary N) is 1. The molecule has 4 heteroatoms. The zero-order chi connectivity index (χ0) is 15.9. The van der Waals surface area contributed by atoms with Crippen molar-refractivity contribution >= 4 is 5.82 Å². The molecule has 3 rings (SSSR count). The Morgan fingerprint density at radius 3 is 2.91 bits per heavy atom. The lowest BCUT2D eigenvalue weighted by molar-refractivity contribution is 0.330. The lowest BCUT2D eigenvalue weighted by atomic mass is 10.1. The number of benzene rings is 1. The Hall–Kier alpha value is -2.38. The summed E-state index contributed by atoms with van der Waals surface area (Å²) in [4.78, 5) is 6.79. The molecule has 0 radical (unpaired) electrons. The molecular formula is C19H22N4. The molecule has 0 saturated carbocycles. The standard InChI is InChI=1S/C19H22N4/c20-13-18-7-4-10-21-19(18)22-14-17-9-12-23(15-17)11-8-16-5-2-1-3-6-16/h1-7,10,17H,8-9,11-12,14-15H2,(H,21,22)/t17-/m0/s1. The first-order valence-corrected chi connectivity index (χ1v) is 8.20. The van der Waals surface area contributed by atoms with Crippen LogP contribution in [0.25, 0.3) is 0 Å². The van der Waals surface area contributed by atoms with E-state index in [0.29, 0.717) is 17.3 Å². The minimum absolute atomic E-state index is 0.617. The predicted molar refractivity (Wildman–Crippen MR) is 92.1 cm³/mol. The van der Waals surface area contributed by atoms with Gasteiger partial charge in [0.15, 0.2) is 0 Å². The van der Waals surface area contributed by atoms with E-state index in [9.17, 15) is 0 Å². The highest BCUT2D eigenvalue weighted by Crippen LogP contribution is 2.18. The second-order valence-electron chi connectivity index (χ2n) is 6.08. The van der Waals surface area contributed by atoms with E-state index >= 15 is 0 Å². The third-order valence-electron chi connectivity index (χ3n) is 4.42. The van der Waals surface area contributed by atoms with Crippen LogP contribution in [0.2, 0.25) is 0 Å². The molecule has 1 saturated heterocycles. The van der Waals surface area contributed by atoms with Crippen LogP contribution in [0.5, 0.6) is 0 Å². The molecule has 2 aromatic rings. The van der Waals surface area contributed by atoms with Crippen molar-refractivity contribution in [1.29, 1.82) is 5.26 Å². The number of nitriles is 1. The van der Waals surface area contributed by atoms with Gasteiger partial charge in [0, 0.05) is 25.8 Å². The van der Waals surface area contributed by atoms with Gasteiger partial charge in [-0.05, 0) is 43.0 Å². The van der Waals surface area contributed by atoms with Gasteiger partial charge in [0.05, 0.1) is 5.56 Å². The van der Waals surface area contributed by atoms with Gasteiger partial charge < -0.3 is 10.2 Å². The SMILES string of the molecule is N#Cc1cccnc1NC[C@@H]1CCN(CCc2ccccc2)C1. The first kappa shape index (κ1) is 15.5. The largest absolute Gasteiger partial charge is 0.369 e.